The van der Waals surface area contributed by atoms with Gasteiger partial charge in [-0.2, -0.15) is 0 Å². The summed E-state index contributed by atoms with van der Waals surface area (Å²) < 4.78 is 0. The van der Waals surface area contributed by atoms with E-state index >= 15 is 0 Å². The number of aliphatic carboxylic acids is 1. The maximum atomic E-state index is 11.5. The number of aliphatic hydroxyl groups excluding tert-OH is 1. The summed E-state index contributed by atoms with van der Waals surface area (Å²) in [7, 11) is 0. The summed E-state index contributed by atoms with van der Waals surface area (Å²) in [4.78, 5) is 23.5. The number of nitrogens with two attached hydrogens (primary N) is 1. The maximum Gasteiger partial charge on any atom is 0.321 e. The van der Waals surface area contributed by atoms with Crippen LogP contribution in [0.3, 0.4) is 0 Å². The smallest absolute Gasteiger partial charge is 0.321 e. The summed E-state index contributed by atoms with van der Waals surface area (Å²) in [6.07, 6.45) is 0.579. The van der Waals surface area contributed by atoms with Gasteiger partial charge in [-0.3, -0.25) is 9.59 Å². The normalized spacial score (nSPS) is 20.0. The van der Waals surface area contributed by atoms with Crippen LogP contribution in [0, 0.1) is 0 Å². The van der Waals surface area contributed by atoms with Gasteiger partial charge in [0, 0.05) is 13.1 Å². The van der Waals surface area contributed by atoms with Gasteiger partial charge in [0.25, 0.3) is 0 Å². The van der Waals surface area contributed by atoms with E-state index in [9.17, 15) is 14.7 Å². The molecule has 0 spiro atoms. The average molecular weight is 216 g/mol. The Kier molecular flexibility index (Phi) is 4.05. The van der Waals surface area contributed by atoms with Crippen LogP contribution in [0.25, 0.3) is 0 Å². The molecule has 15 heavy (non-hydrogen) atoms. The minimum absolute atomic E-state index is 0.175. The molecule has 0 aromatic rings. The third-order valence-electron chi connectivity index (χ3n) is 2.53. The van der Waals surface area contributed by atoms with Crippen molar-refractivity contribution in [1.82, 2.24) is 4.90 Å². The molecular formula is C9H16N2O4. The number of rotatable bonds is 3. The van der Waals surface area contributed by atoms with Crippen molar-refractivity contribution in [1.29, 1.82) is 0 Å². The van der Waals surface area contributed by atoms with Crippen LogP contribution in [0.4, 0.5) is 0 Å². The number of likely N-dealkylation sites (tertiary alicyclic amines) is 1. The van der Waals surface area contributed by atoms with E-state index in [2.05, 4.69) is 0 Å². The molecule has 0 bridgehead atoms. The first-order valence-electron chi connectivity index (χ1n) is 4.95. The molecule has 0 radical (unpaired) electrons. The Morgan fingerprint density at radius 3 is 2.40 bits per heavy atom. The van der Waals surface area contributed by atoms with Gasteiger partial charge in [0.1, 0.15) is 6.04 Å². The molecule has 1 aliphatic heterocycles. The van der Waals surface area contributed by atoms with Crippen molar-refractivity contribution < 1.29 is 19.8 Å². The van der Waals surface area contributed by atoms with E-state index in [0.717, 1.165) is 0 Å². The summed E-state index contributed by atoms with van der Waals surface area (Å²) in [6, 6.07) is -1.13. The SMILES string of the molecule is NC(CC(=O)N1CCC(O)CC1)C(=O)O. The van der Waals surface area contributed by atoms with Gasteiger partial charge in [0.05, 0.1) is 12.5 Å². The number of carboxylic acid groups (broad SMARTS) is 1. The fourth-order valence-corrected chi connectivity index (χ4v) is 1.52. The Labute approximate surface area is 87.7 Å². The first kappa shape index (κ1) is 11.9. The van der Waals surface area contributed by atoms with Crippen LogP contribution in [0.15, 0.2) is 0 Å². The molecule has 0 saturated carbocycles. The monoisotopic (exact) mass is 216 g/mol. The summed E-state index contributed by atoms with van der Waals surface area (Å²) in [5.41, 5.74) is 5.25. The van der Waals surface area contributed by atoms with E-state index in [1.807, 2.05) is 0 Å². The number of hydrogen-bond donors (Lipinski definition) is 3. The first-order chi connectivity index (χ1) is 7.00. The third kappa shape index (κ3) is 3.49. The number of aliphatic hydroxyl groups is 1. The summed E-state index contributed by atoms with van der Waals surface area (Å²) in [5.74, 6) is -1.42. The standard InChI is InChI=1S/C9H16N2O4/c10-7(9(14)15)5-8(13)11-3-1-6(12)2-4-11/h6-7,12H,1-5,10H2,(H,14,15). The highest BCUT2D eigenvalue weighted by Gasteiger charge is 2.24. The Hall–Kier alpha value is -1.14. The van der Waals surface area contributed by atoms with E-state index in [1.165, 1.54) is 0 Å². The highest BCUT2D eigenvalue weighted by atomic mass is 16.4. The maximum absolute atomic E-state index is 11.5. The molecule has 1 atom stereocenters. The molecule has 6 nitrogen and oxygen atoms in total. The molecule has 1 amide bonds. The fraction of sp³-hybridized carbons (Fsp3) is 0.778. The molecular weight excluding hydrogens is 200 g/mol. The van der Waals surface area contributed by atoms with Crippen molar-refractivity contribution >= 4 is 11.9 Å². The number of piperidine rings is 1. The van der Waals surface area contributed by atoms with Gasteiger partial charge >= 0.3 is 5.97 Å². The van der Waals surface area contributed by atoms with Crippen molar-refractivity contribution in [2.24, 2.45) is 5.73 Å². The van der Waals surface area contributed by atoms with Crippen LogP contribution >= 0.6 is 0 Å². The number of amides is 1. The van der Waals surface area contributed by atoms with Crippen LogP contribution in [0.5, 0.6) is 0 Å². The van der Waals surface area contributed by atoms with E-state index in [-0.39, 0.29) is 18.4 Å². The average Bonchev–Trinajstić information content (AvgIpc) is 2.18. The Balaban J connectivity index is 2.37. The van der Waals surface area contributed by atoms with Crippen molar-refractivity contribution in [3.63, 3.8) is 0 Å². The molecule has 86 valence electrons. The largest absolute Gasteiger partial charge is 0.480 e. The fourth-order valence-electron chi connectivity index (χ4n) is 1.52. The summed E-state index contributed by atoms with van der Waals surface area (Å²) in [5, 5.41) is 17.8. The zero-order valence-corrected chi connectivity index (χ0v) is 8.43. The number of nitrogens with zero attached hydrogens (tertiary/aromatic N) is 1. The molecule has 0 aromatic heterocycles. The molecule has 0 aromatic carbocycles. The van der Waals surface area contributed by atoms with Gasteiger partial charge in [0.15, 0.2) is 0 Å². The number of hydrogen-bond acceptors (Lipinski definition) is 4. The second kappa shape index (κ2) is 5.09. The number of carbonyl (C=O) groups excluding carboxylic acids is 1. The van der Waals surface area contributed by atoms with Gasteiger partial charge in [-0.25, -0.2) is 0 Å². The number of carboxylic acids is 1. The van der Waals surface area contributed by atoms with Gasteiger partial charge in [-0.1, -0.05) is 0 Å². The zero-order valence-electron chi connectivity index (χ0n) is 8.43. The zero-order chi connectivity index (χ0) is 11.4. The lowest BCUT2D eigenvalue weighted by Crippen LogP contribution is -2.43. The lowest BCUT2D eigenvalue weighted by molar-refractivity contribution is -0.143. The molecule has 4 N–H and O–H groups in total. The van der Waals surface area contributed by atoms with Gasteiger partial charge in [0.2, 0.25) is 5.91 Å². The third-order valence-corrected chi connectivity index (χ3v) is 2.53. The minimum Gasteiger partial charge on any atom is -0.480 e. The summed E-state index contributed by atoms with van der Waals surface area (Å²) in [6.45, 7) is 0.957. The van der Waals surface area contributed by atoms with Crippen molar-refractivity contribution in [3.8, 4) is 0 Å². The van der Waals surface area contributed by atoms with Crippen molar-refractivity contribution in [2.75, 3.05) is 13.1 Å². The van der Waals surface area contributed by atoms with Crippen LogP contribution in [-0.2, 0) is 9.59 Å². The quantitative estimate of drug-likeness (QED) is 0.548. The van der Waals surface area contributed by atoms with Gasteiger partial charge in [-0.05, 0) is 12.8 Å². The predicted octanol–water partition coefficient (Wildman–Crippen LogP) is -1.23. The Bertz CT molecular complexity index is 248. The van der Waals surface area contributed by atoms with Crippen molar-refractivity contribution in [3.05, 3.63) is 0 Å². The molecule has 1 saturated heterocycles. The van der Waals surface area contributed by atoms with Crippen LogP contribution in [-0.4, -0.2) is 52.2 Å². The highest BCUT2D eigenvalue weighted by Crippen LogP contribution is 2.11. The lowest BCUT2D eigenvalue weighted by Gasteiger charge is -2.30. The minimum atomic E-state index is -1.17. The lowest BCUT2D eigenvalue weighted by atomic mass is 10.1. The van der Waals surface area contributed by atoms with Crippen LogP contribution in [0.2, 0.25) is 0 Å². The number of carbonyl (C=O) groups is 2. The van der Waals surface area contributed by atoms with Crippen LogP contribution < -0.4 is 5.73 Å². The van der Waals surface area contributed by atoms with E-state index in [0.29, 0.717) is 25.9 Å². The topological polar surface area (TPSA) is 104 Å². The highest BCUT2D eigenvalue weighted by molar-refractivity contribution is 5.84. The Morgan fingerprint density at radius 1 is 1.40 bits per heavy atom. The van der Waals surface area contributed by atoms with Gasteiger partial charge < -0.3 is 20.8 Å². The molecule has 1 rings (SSSR count). The molecule has 1 heterocycles. The van der Waals surface area contributed by atoms with Crippen LogP contribution in [0.1, 0.15) is 19.3 Å². The molecule has 1 unspecified atom stereocenters. The second-order valence-corrected chi connectivity index (χ2v) is 3.76. The predicted molar refractivity (Wildman–Crippen MR) is 52.0 cm³/mol. The Morgan fingerprint density at radius 2 is 1.93 bits per heavy atom. The molecule has 1 fully saturated rings. The molecule has 1 aliphatic rings. The van der Waals surface area contributed by atoms with E-state index in [1.54, 1.807) is 4.90 Å². The van der Waals surface area contributed by atoms with E-state index in [4.69, 9.17) is 10.8 Å². The molecule has 6 heteroatoms. The van der Waals surface area contributed by atoms with Crippen molar-refractivity contribution in [2.45, 2.75) is 31.4 Å². The van der Waals surface area contributed by atoms with Gasteiger partial charge in [-0.15, -0.1) is 0 Å². The summed E-state index contributed by atoms with van der Waals surface area (Å²) >= 11 is 0. The first-order valence-corrected chi connectivity index (χ1v) is 4.95. The van der Waals surface area contributed by atoms with E-state index < -0.39 is 12.0 Å². The molecule has 0 aliphatic carbocycles. The second-order valence-electron chi connectivity index (χ2n) is 3.76.